The van der Waals surface area contributed by atoms with E-state index in [1.54, 1.807) is 41.1 Å². The van der Waals surface area contributed by atoms with Gasteiger partial charge in [-0.3, -0.25) is 9.59 Å². The fourth-order valence-electron chi connectivity index (χ4n) is 2.66. The van der Waals surface area contributed by atoms with Crippen LogP contribution in [0.5, 0.6) is 0 Å². The SMILES string of the molecule is CCNC(=O)c1ccc(-n2nnc(C(=O)NC)c2CSc2cccc(F)c2)cc1. The first kappa shape index (κ1) is 20.5. The smallest absolute Gasteiger partial charge is 0.273 e. The molecule has 2 aromatic carbocycles. The number of aromatic nitrogens is 3. The fourth-order valence-corrected chi connectivity index (χ4v) is 3.59. The molecular weight excluding hydrogens is 393 g/mol. The highest BCUT2D eigenvalue weighted by Crippen LogP contribution is 2.26. The molecule has 7 nitrogen and oxygen atoms in total. The molecule has 0 aliphatic rings. The molecule has 3 aromatic rings. The number of hydrogen-bond donors (Lipinski definition) is 2. The van der Waals surface area contributed by atoms with Crippen LogP contribution in [0.1, 0.15) is 33.5 Å². The summed E-state index contributed by atoms with van der Waals surface area (Å²) >= 11 is 1.37. The number of rotatable bonds is 7. The minimum atomic E-state index is -0.356. The molecule has 0 saturated heterocycles. The zero-order valence-corrected chi connectivity index (χ0v) is 16.8. The zero-order chi connectivity index (χ0) is 20.8. The maximum atomic E-state index is 13.5. The molecule has 1 heterocycles. The van der Waals surface area contributed by atoms with Crippen molar-refractivity contribution in [3.8, 4) is 5.69 Å². The van der Waals surface area contributed by atoms with Crippen molar-refractivity contribution in [1.29, 1.82) is 0 Å². The Labute approximate surface area is 171 Å². The Hall–Kier alpha value is -3.20. The molecule has 29 heavy (non-hydrogen) atoms. The number of carbonyl (C=O) groups is 2. The summed E-state index contributed by atoms with van der Waals surface area (Å²) in [6.07, 6.45) is 0. The Kier molecular flexibility index (Phi) is 6.61. The summed E-state index contributed by atoms with van der Waals surface area (Å²) in [5.74, 6) is -0.484. The van der Waals surface area contributed by atoms with Crippen molar-refractivity contribution >= 4 is 23.6 Å². The van der Waals surface area contributed by atoms with Gasteiger partial charge in [-0.1, -0.05) is 11.3 Å². The number of thioether (sulfide) groups is 1. The van der Waals surface area contributed by atoms with Crippen molar-refractivity contribution in [2.45, 2.75) is 17.6 Å². The quantitative estimate of drug-likeness (QED) is 0.582. The molecule has 2 N–H and O–H groups in total. The molecule has 0 aliphatic carbocycles. The number of hydrogen-bond acceptors (Lipinski definition) is 5. The van der Waals surface area contributed by atoms with Crippen LogP contribution >= 0.6 is 11.8 Å². The third kappa shape index (κ3) is 4.80. The van der Waals surface area contributed by atoms with Gasteiger partial charge in [-0.05, 0) is 49.4 Å². The number of carbonyl (C=O) groups excluding carboxylic acids is 2. The van der Waals surface area contributed by atoms with Crippen LogP contribution in [0.15, 0.2) is 53.4 Å². The summed E-state index contributed by atoms with van der Waals surface area (Å²) in [6, 6.07) is 13.1. The van der Waals surface area contributed by atoms with Crippen molar-refractivity contribution in [1.82, 2.24) is 25.6 Å². The maximum Gasteiger partial charge on any atom is 0.273 e. The average Bonchev–Trinajstić information content (AvgIpc) is 3.16. The van der Waals surface area contributed by atoms with E-state index in [9.17, 15) is 14.0 Å². The van der Waals surface area contributed by atoms with Crippen LogP contribution in [0, 0.1) is 5.82 Å². The van der Waals surface area contributed by atoms with E-state index in [1.807, 2.05) is 6.92 Å². The Morgan fingerprint density at radius 1 is 1.14 bits per heavy atom. The van der Waals surface area contributed by atoms with Crippen LogP contribution in [0.25, 0.3) is 5.69 Å². The monoisotopic (exact) mass is 413 g/mol. The van der Waals surface area contributed by atoms with Crippen molar-refractivity contribution in [2.75, 3.05) is 13.6 Å². The Balaban J connectivity index is 1.91. The highest BCUT2D eigenvalue weighted by molar-refractivity contribution is 7.98. The molecule has 0 fully saturated rings. The van der Waals surface area contributed by atoms with E-state index in [1.165, 1.54) is 30.9 Å². The van der Waals surface area contributed by atoms with Gasteiger partial charge in [0, 0.05) is 29.8 Å². The second kappa shape index (κ2) is 9.33. The van der Waals surface area contributed by atoms with Gasteiger partial charge in [0.25, 0.3) is 11.8 Å². The van der Waals surface area contributed by atoms with Gasteiger partial charge in [0.2, 0.25) is 0 Å². The fraction of sp³-hybridized carbons (Fsp3) is 0.200. The third-order valence-corrected chi connectivity index (χ3v) is 5.09. The lowest BCUT2D eigenvalue weighted by molar-refractivity contribution is 0.0948. The number of nitrogens with one attached hydrogen (secondary N) is 2. The molecule has 0 saturated carbocycles. The highest BCUT2D eigenvalue weighted by Gasteiger charge is 2.20. The van der Waals surface area contributed by atoms with Crippen molar-refractivity contribution in [3.05, 3.63) is 71.3 Å². The van der Waals surface area contributed by atoms with Gasteiger partial charge in [-0.15, -0.1) is 16.9 Å². The zero-order valence-electron chi connectivity index (χ0n) is 16.0. The van der Waals surface area contributed by atoms with E-state index in [-0.39, 0.29) is 23.3 Å². The molecule has 0 atom stereocenters. The van der Waals surface area contributed by atoms with Crippen molar-refractivity contribution in [2.24, 2.45) is 0 Å². The van der Waals surface area contributed by atoms with Crippen LogP contribution in [-0.2, 0) is 5.75 Å². The average molecular weight is 413 g/mol. The molecule has 150 valence electrons. The first-order valence-corrected chi connectivity index (χ1v) is 9.95. The van der Waals surface area contributed by atoms with E-state index in [0.717, 1.165) is 4.90 Å². The second-order valence-corrected chi connectivity index (χ2v) is 7.08. The molecule has 2 amide bonds. The predicted molar refractivity (Wildman–Crippen MR) is 109 cm³/mol. The van der Waals surface area contributed by atoms with Gasteiger partial charge in [0.1, 0.15) is 5.82 Å². The van der Waals surface area contributed by atoms with E-state index in [2.05, 4.69) is 20.9 Å². The van der Waals surface area contributed by atoms with Crippen LogP contribution in [0.2, 0.25) is 0 Å². The van der Waals surface area contributed by atoms with Gasteiger partial charge >= 0.3 is 0 Å². The Bertz CT molecular complexity index is 1020. The van der Waals surface area contributed by atoms with Crippen molar-refractivity contribution in [3.63, 3.8) is 0 Å². The number of benzene rings is 2. The van der Waals surface area contributed by atoms with Gasteiger partial charge in [-0.2, -0.15) is 0 Å². The lowest BCUT2D eigenvalue weighted by Gasteiger charge is -2.09. The second-order valence-electron chi connectivity index (χ2n) is 6.03. The van der Waals surface area contributed by atoms with Crippen molar-refractivity contribution < 1.29 is 14.0 Å². The normalized spacial score (nSPS) is 10.6. The van der Waals surface area contributed by atoms with Gasteiger partial charge in [0.05, 0.1) is 11.4 Å². The topological polar surface area (TPSA) is 88.9 Å². The molecular formula is C20H20FN5O2S. The Morgan fingerprint density at radius 2 is 1.90 bits per heavy atom. The summed E-state index contributed by atoms with van der Waals surface area (Å²) in [4.78, 5) is 24.9. The lowest BCUT2D eigenvalue weighted by Crippen LogP contribution is -2.22. The number of nitrogens with zero attached hydrogens (tertiary/aromatic N) is 3. The molecule has 0 bridgehead atoms. The first-order chi connectivity index (χ1) is 14.0. The summed E-state index contributed by atoms with van der Waals surface area (Å²) in [5.41, 5.74) is 1.96. The van der Waals surface area contributed by atoms with Crippen LogP contribution < -0.4 is 10.6 Å². The highest BCUT2D eigenvalue weighted by atomic mass is 32.2. The molecule has 9 heteroatoms. The van der Waals surface area contributed by atoms with Gasteiger partial charge in [-0.25, -0.2) is 9.07 Å². The van der Waals surface area contributed by atoms with E-state index in [4.69, 9.17) is 0 Å². The summed E-state index contributed by atoms with van der Waals surface area (Å²) in [5, 5.41) is 13.4. The minimum Gasteiger partial charge on any atom is -0.354 e. The number of amides is 2. The van der Waals surface area contributed by atoms with Crippen LogP contribution in [-0.4, -0.2) is 40.4 Å². The largest absolute Gasteiger partial charge is 0.354 e. The molecule has 3 rings (SSSR count). The first-order valence-electron chi connectivity index (χ1n) is 8.97. The van der Waals surface area contributed by atoms with E-state index >= 15 is 0 Å². The third-order valence-electron chi connectivity index (χ3n) is 4.09. The van der Waals surface area contributed by atoms with E-state index < -0.39 is 0 Å². The Morgan fingerprint density at radius 3 is 2.55 bits per heavy atom. The minimum absolute atomic E-state index is 0.162. The van der Waals surface area contributed by atoms with Crippen LogP contribution in [0.4, 0.5) is 4.39 Å². The standard InChI is InChI=1S/C20H20FN5O2S/c1-3-23-19(27)13-7-9-15(10-8-13)26-17(18(24-25-26)20(28)22-2)12-29-16-6-4-5-14(21)11-16/h4-11H,3,12H2,1-2H3,(H,22,28)(H,23,27). The summed E-state index contributed by atoms with van der Waals surface area (Å²) in [7, 11) is 1.52. The maximum absolute atomic E-state index is 13.5. The van der Waals surface area contributed by atoms with E-state index in [0.29, 0.717) is 29.2 Å². The molecule has 0 unspecified atom stereocenters. The van der Waals surface area contributed by atoms with Gasteiger partial charge < -0.3 is 10.6 Å². The molecule has 0 spiro atoms. The lowest BCUT2D eigenvalue weighted by atomic mass is 10.2. The molecule has 0 radical (unpaired) electrons. The van der Waals surface area contributed by atoms with Crippen LogP contribution in [0.3, 0.4) is 0 Å². The number of halogens is 1. The molecule has 0 aliphatic heterocycles. The summed E-state index contributed by atoms with van der Waals surface area (Å²) < 4.78 is 15.0. The van der Waals surface area contributed by atoms with Gasteiger partial charge in [0.15, 0.2) is 5.69 Å². The summed E-state index contributed by atoms with van der Waals surface area (Å²) in [6.45, 7) is 2.39. The predicted octanol–water partition coefficient (Wildman–Crippen LogP) is 2.81. The molecule has 1 aromatic heterocycles.